The van der Waals surface area contributed by atoms with Crippen molar-refractivity contribution in [2.75, 3.05) is 18.1 Å². The van der Waals surface area contributed by atoms with Crippen LogP contribution in [0.15, 0.2) is 30.5 Å². The third-order valence-electron chi connectivity index (χ3n) is 3.74. The number of piperidine rings is 1. The molecular weight excluding hydrogens is 262 g/mol. The second-order valence-electron chi connectivity index (χ2n) is 5.02. The number of rotatable bonds is 2. The highest BCUT2D eigenvalue weighted by Crippen LogP contribution is 2.23. The maximum absolute atomic E-state index is 11.3. The van der Waals surface area contributed by atoms with Gasteiger partial charge >= 0.3 is 0 Å². The van der Waals surface area contributed by atoms with Gasteiger partial charge in [-0.15, -0.1) is 0 Å². The summed E-state index contributed by atoms with van der Waals surface area (Å²) in [6, 6.07) is 7.87. The molecule has 1 aliphatic heterocycles. The van der Waals surface area contributed by atoms with Gasteiger partial charge < -0.3 is 10.7 Å². The molecule has 5 heteroatoms. The first-order valence-electron chi connectivity index (χ1n) is 6.46. The molecule has 4 nitrogen and oxygen atoms in total. The molecule has 1 atom stereocenters. The van der Waals surface area contributed by atoms with Crippen LogP contribution in [0.5, 0.6) is 0 Å². The van der Waals surface area contributed by atoms with Gasteiger partial charge in [-0.05, 0) is 37.1 Å². The van der Waals surface area contributed by atoms with Crippen molar-refractivity contribution in [3.05, 3.63) is 35.5 Å². The van der Waals surface area contributed by atoms with Gasteiger partial charge in [0.05, 0.1) is 11.4 Å². The second-order valence-corrected chi connectivity index (χ2v) is 5.45. The summed E-state index contributed by atoms with van der Waals surface area (Å²) < 4.78 is 2.10. The van der Waals surface area contributed by atoms with Gasteiger partial charge in [0.1, 0.15) is 0 Å². The number of amides is 1. The number of nitrogens with zero attached hydrogens (tertiary/aromatic N) is 2. The van der Waals surface area contributed by atoms with Gasteiger partial charge in [-0.2, -0.15) is 0 Å². The molecule has 0 saturated carbocycles. The molecule has 0 aliphatic carbocycles. The SMILES string of the molecule is NC(=O)C1CCCN(n2ccc3cc(Cl)ccc32)C1. The number of carbonyl (C=O) groups excluding carboxylic acids is 1. The fourth-order valence-electron chi connectivity index (χ4n) is 2.73. The summed E-state index contributed by atoms with van der Waals surface area (Å²) in [5.74, 6) is -0.261. The summed E-state index contributed by atoms with van der Waals surface area (Å²) in [5.41, 5.74) is 6.53. The van der Waals surface area contributed by atoms with Gasteiger partial charge in [0.2, 0.25) is 5.91 Å². The van der Waals surface area contributed by atoms with Gasteiger partial charge in [-0.1, -0.05) is 11.6 Å². The highest BCUT2D eigenvalue weighted by Gasteiger charge is 2.24. The number of halogens is 1. The van der Waals surface area contributed by atoms with E-state index in [-0.39, 0.29) is 11.8 Å². The van der Waals surface area contributed by atoms with Crippen molar-refractivity contribution in [3.8, 4) is 0 Å². The van der Waals surface area contributed by atoms with Gasteiger partial charge in [0.25, 0.3) is 0 Å². The fourth-order valence-corrected chi connectivity index (χ4v) is 2.91. The molecule has 1 aromatic carbocycles. The normalized spacial score (nSPS) is 19.8. The van der Waals surface area contributed by atoms with Crippen LogP contribution >= 0.6 is 11.6 Å². The first-order valence-corrected chi connectivity index (χ1v) is 6.84. The Morgan fingerprint density at radius 3 is 3.00 bits per heavy atom. The number of nitrogens with two attached hydrogens (primary N) is 1. The molecule has 1 aromatic heterocycles. The Labute approximate surface area is 116 Å². The first-order chi connectivity index (χ1) is 9.15. The summed E-state index contributed by atoms with van der Waals surface area (Å²) >= 11 is 5.99. The number of aromatic nitrogens is 1. The van der Waals surface area contributed by atoms with E-state index >= 15 is 0 Å². The zero-order valence-corrected chi connectivity index (χ0v) is 11.3. The highest BCUT2D eigenvalue weighted by molar-refractivity contribution is 6.31. The molecule has 0 radical (unpaired) electrons. The smallest absolute Gasteiger partial charge is 0.222 e. The topological polar surface area (TPSA) is 51.3 Å². The molecule has 0 bridgehead atoms. The van der Waals surface area contributed by atoms with Crippen molar-refractivity contribution in [2.45, 2.75) is 12.8 Å². The summed E-state index contributed by atoms with van der Waals surface area (Å²) in [7, 11) is 0. The zero-order chi connectivity index (χ0) is 13.4. The Hall–Kier alpha value is -1.68. The summed E-state index contributed by atoms with van der Waals surface area (Å²) in [4.78, 5) is 11.3. The lowest BCUT2D eigenvalue weighted by molar-refractivity contribution is -0.122. The average molecular weight is 278 g/mol. The maximum Gasteiger partial charge on any atom is 0.222 e. The molecule has 19 heavy (non-hydrogen) atoms. The van der Waals surface area contributed by atoms with Crippen molar-refractivity contribution in [1.29, 1.82) is 0 Å². The summed E-state index contributed by atoms with van der Waals surface area (Å²) in [6.07, 6.45) is 3.89. The standard InChI is InChI=1S/C14H16ClN3O/c15-12-3-4-13-10(8-12)5-7-18(13)17-6-1-2-11(9-17)14(16)19/h3-5,7-8,11H,1-2,6,9H2,(H2,16,19). The van der Waals surface area contributed by atoms with Gasteiger partial charge in [0, 0.05) is 29.7 Å². The van der Waals surface area contributed by atoms with E-state index in [0.29, 0.717) is 6.54 Å². The maximum atomic E-state index is 11.3. The Bertz CT molecular complexity index is 622. The lowest BCUT2D eigenvalue weighted by atomic mass is 9.99. The number of hydrogen-bond donors (Lipinski definition) is 1. The fraction of sp³-hybridized carbons (Fsp3) is 0.357. The minimum atomic E-state index is -0.204. The lowest BCUT2D eigenvalue weighted by Gasteiger charge is -2.34. The first kappa shape index (κ1) is 12.4. The van der Waals surface area contributed by atoms with E-state index in [0.717, 1.165) is 35.3 Å². The molecule has 3 rings (SSSR count). The van der Waals surface area contributed by atoms with E-state index < -0.39 is 0 Å². The lowest BCUT2D eigenvalue weighted by Crippen LogP contribution is -2.46. The molecule has 2 heterocycles. The van der Waals surface area contributed by atoms with Crippen LogP contribution in [-0.2, 0) is 4.79 Å². The van der Waals surface area contributed by atoms with Crippen molar-refractivity contribution >= 4 is 28.4 Å². The quantitative estimate of drug-likeness (QED) is 0.914. The number of carbonyl (C=O) groups is 1. The molecule has 100 valence electrons. The van der Waals surface area contributed by atoms with E-state index in [4.69, 9.17) is 17.3 Å². The van der Waals surface area contributed by atoms with Gasteiger partial charge in [0.15, 0.2) is 0 Å². The number of fused-ring (bicyclic) bond motifs is 1. The molecule has 0 spiro atoms. The zero-order valence-electron chi connectivity index (χ0n) is 10.6. The number of primary amides is 1. The predicted octanol–water partition coefficient (Wildman–Crippen LogP) is 2.13. The van der Waals surface area contributed by atoms with Crippen LogP contribution in [0.3, 0.4) is 0 Å². The molecule has 1 saturated heterocycles. The van der Waals surface area contributed by atoms with E-state index in [2.05, 4.69) is 9.69 Å². The monoisotopic (exact) mass is 277 g/mol. The second kappa shape index (κ2) is 4.78. The largest absolute Gasteiger partial charge is 0.369 e. The Morgan fingerprint density at radius 2 is 2.21 bits per heavy atom. The predicted molar refractivity (Wildman–Crippen MR) is 76.8 cm³/mol. The molecular formula is C14H16ClN3O. The molecule has 1 fully saturated rings. The average Bonchev–Trinajstić information content (AvgIpc) is 2.81. The van der Waals surface area contributed by atoms with Crippen molar-refractivity contribution in [1.82, 2.24) is 4.68 Å². The minimum absolute atomic E-state index is 0.0569. The highest BCUT2D eigenvalue weighted by atomic mass is 35.5. The van der Waals surface area contributed by atoms with Crippen molar-refractivity contribution in [3.63, 3.8) is 0 Å². The Morgan fingerprint density at radius 1 is 1.37 bits per heavy atom. The van der Waals surface area contributed by atoms with Gasteiger partial charge in [-0.25, -0.2) is 0 Å². The summed E-state index contributed by atoms with van der Waals surface area (Å²) in [6.45, 7) is 1.62. The van der Waals surface area contributed by atoms with Gasteiger partial charge in [-0.3, -0.25) is 9.47 Å². The third kappa shape index (κ3) is 2.28. The summed E-state index contributed by atoms with van der Waals surface area (Å²) in [5, 5.41) is 4.02. The van der Waals surface area contributed by atoms with Crippen molar-refractivity contribution in [2.24, 2.45) is 11.7 Å². The van der Waals surface area contributed by atoms with E-state index in [1.807, 2.05) is 30.5 Å². The van der Waals surface area contributed by atoms with Crippen LogP contribution in [0.1, 0.15) is 12.8 Å². The van der Waals surface area contributed by atoms with Crippen LogP contribution in [0.25, 0.3) is 10.9 Å². The van der Waals surface area contributed by atoms with E-state index in [9.17, 15) is 4.79 Å². The van der Waals surface area contributed by atoms with Crippen LogP contribution in [0.2, 0.25) is 5.02 Å². The van der Waals surface area contributed by atoms with E-state index in [1.54, 1.807) is 0 Å². The van der Waals surface area contributed by atoms with Crippen LogP contribution in [0.4, 0.5) is 0 Å². The minimum Gasteiger partial charge on any atom is -0.369 e. The number of hydrogen-bond acceptors (Lipinski definition) is 2. The Kier molecular flexibility index (Phi) is 3.11. The van der Waals surface area contributed by atoms with Crippen LogP contribution in [-0.4, -0.2) is 23.7 Å². The van der Waals surface area contributed by atoms with Crippen molar-refractivity contribution < 1.29 is 4.79 Å². The molecule has 1 unspecified atom stereocenters. The molecule has 2 N–H and O–H groups in total. The van der Waals surface area contributed by atoms with Crippen LogP contribution in [0, 0.1) is 5.92 Å². The molecule has 2 aromatic rings. The Balaban J connectivity index is 1.93. The third-order valence-corrected chi connectivity index (χ3v) is 3.97. The van der Waals surface area contributed by atoms with Crippen LogP contribution < -0.4 is 10.7 Å². The number of benzene rings is 1. The van der Waals surface area contributed by atoms with E-state index in [1.165, 1.54) is 0 Å². The molecule has 1 aliphatic rings. The molecule has 1 amide bonds.